The minimum Gasteiger partial charge on any atom is -0.352 e. The molecule has 0 spiro atoms. The van der Waals surface area contributed by atoms with Crippen LogP contribution in [0, 0.1) is 0 Å². The van der Waals surface area contributed by atoms with E-state index in [0.717, 1.165) is 4.31 Å². The van der Waals surface area contributed by atoms with Crippen molar-refractivity contribution in [3.8, 4) is 0 Å². The van der Waals surface area contributed by atoms with Crippen molar-refractivity contribution >= 4 is 62.3 Å². The molecule has 0 bridgehead atoms. The fraction of sp³-hybridized carbons (Fsp3) is 0.310. The van der Waals surface area contributed by atoms with Crippen LogP contribution in [-0.4, -0.2) is 43.8 Å². The molecular formula is C29H32Cl3N3O4S. The molecule has 2 atom stereocenters. The molecule has 2 amide bonds. The van der Waals surface area contributed by atoms with Crippen LogP contribution in [0.5, 0.6) is 0 Å². The first-order chi connectivity index (χ1) is 19.0. The molecule has 0 unspecified atom stereocenters. The van der Waals surface area contributed by atoms with Crippen molar-refractivity contribution in [1.82, 2.24) is 10.2 Å². The van der Waals surface area contributed by atoms with E-state index < -0.39 is 28.5 Å². The highest BCUT2D eigenvalue weighted by Gasteiger charge is 2.34. The standard InChI is InChI=1S/C29H32Cl3N3O4S/c1-4-20(3)33-29(37)27(5-2)34(18-24-25(31)15-10-16-26(24)32)28(36)19-35(22-12-9-11-21(30)17-22)40(38,39)23-13-7-6-8-14-23/h6-17,20,27H,4-5,18-19H2,1-3H3,(H,33,37)/t20-,27+/m0/s1. The van der Waals surface area contributed by atoms with Gasteiger partial charge < -0.3 is 10.2 Å². The summed E-state index contributed by atoms with van der Waals surface area (Å²) in [6.07, 6.45) is 0.975. The first-order valence-electron chi connectivity index (χ1n) is 12.9. The maximum Gasteiger partial charge on any atom is 0.264 e. The van der Waals surface area contributed by atoms with E-state index in [2.05, 4.69) is 5.32 Å². The Morgan fingerprint density at radius 1 is 0.875 bits per heavy atom. The van der Waals surface area contributed by atoms with Gasteiger partial charge in [0.1, 0.15) is 12.6 Å². The number of carbonyl (C=O) groups excluding carboxylic acids is 2. The third-order valence-corrected chi connectivity index (χ3v) is 9.21. The van der Waals surface area contributed by atoms with Crippen LogP contribution in [0.4, 0.5) is 5.69 Å². The second kappa shape index (κ2) is 14.2. The number of halogens is 3. The summed E-state index contributed by atoms with van der Waals surface area (Å²) in [5, 5.41) is 3.88. The summed E-state index contributed by atoms with van der Waals surface area (Å²) in [4.78, 5) is 28.8. The second-order valence-electron chi connectivity index (χ2n) is 9.27. The summed E-state index contributed by atoms with van der Waals surface area (Å²) in [6.45, 7) is 4.90. The molecule has 11 heteroatoms. The van der Waals surface area contributed by atoms with Crippen LogP contribution in [0.15, 0.2) is 77.7 Å². The topological polar surface area (TPSA) is 86.8 Å². The summed E-state index contributed by atoms with van der Waals surface area (Å²) in [5.41, 5.74) is 0.659. The molecule has 0 aliphatic heterocycles. The molecule has 0 saturated carbocycles. The van der Waals surface area contributed by atoms with Gasteiger partial charge in [-0.05, 0) is 62.2 Å². The largest absolute Gasteiger partial charge is 0.352 e. The van der Waals surface area contributed by atoms with E-state index in [1.807, 2.05) is 13.8 Å². The smallest absolute Gasteiger partial charge is 0.264 e. The van der Waals surface area contributed by atoms with Crippen molar-refractivity contribution in [3.05, 3.63) is 93.4 Å². The van der Waals surface area contributed by atoms with Crippen molar-refractivity contribution in [2.24, 2.45) is 0 Å². The average molecular weight is 625 g/mol. The molecule has 0 heterocycles. The van der Waals surface area contributed by atoms with Gasteiger partial charge in [0.2, 0.25) is 11.8 Å². The van der Waals surface area contributed by atoms with Crippen LogP contribution < -0.4 is 9.62 Å². The molecule has 0 saturated heterocycles. The number of sulfonamides is 1. The highest BCUT2D eigenvalue weighted by atomic mass is 35.5. The lowest BCUT2D eigenvalue weighted by molar-refractivity contribution is -0.140. The number of benzene rings is 3. The van der Waals surface area contributed by atoms with Gasteiger partial charge in [0.05, 0.1) is 10.6 Å². The number of hydrogen-bond donors (Lipinski definition) is 1. The van der Waals surface area contributed by atoms with Crippen molar-refractivity contribution in [1.29, 1.82) is 0 Å². The minimum atomic E-state index is -4.19. The molecule has 214 valence electrons. The number of amides is 2. The predicted molar refractivity (Wildman–Crippen MR) is 161 cm³/mol. The molecule has 0 aromatic heterocycles. The Morgan fingerprint density at radius 2 is 1.50 bits per heavy atom. The fourth-order valence-corrected chi connectivity index (χ4v) is 6.22. The molecule has 1 N–H and O–H groups in total. The van der Waals surface area contributed by atoms with Crippen molar-refractivity contribution in [2.45, 2.75) is 57.1 Å². The lowest BCUT2D eigenvalue weighted by atomic mass is 10.1. The molecule has 0 radical (unpaired) electrons. The molecule has 40 heavy (non-hydrogen) atoms. The quantitative estimate of drug-likeness (QED) is 0.247. The highest BCUT2D eigenvalue weighted by Crippen LogP contribution is 2.29. The first kappa shape index (κ1) is 31.7. The van der Waals surface area contributed by atoms with Crippen molar-refractivity contribution < 1.29 is 18.0 Å². The van der Waals surface area contributed by atoms with E-state index in [-0.39, 0.29) is 35.5 Å². The van der Waals surface area contributed by atoms with Crippen LogP contribution in [-0.2, 0) is 26.2 Å². The lowest BCUT2D eigenvalue weighted by Crippen LogP contribution is -2.53. The summed E-state index contributed by atoms with van der Waals surface area (Å²) >= 11 is 19.1. The number of nitrogens with one attached hydrogen (secondary N) is 1. The molecular weight excluding hydrogens is 593 g/mol. The van der Waals surface area contributed by atoms with E-state index in [4.69, 9.17) is 34.8 Å². The zero-order valence-electron chi connectivity index (χ0n) is 22.5. The van der Waals surface area contributed by atoms with E-state index in [1.54, 1.807) is 61.5 Å². The maximum atomic E-state index is 14.1. The van der Waals surface area contributed by atoms with Crippen LogP contribution in [0.1, 0.15) is 39.2 Å². The zero-order chi connectivity index (χ0) is 29.4. The molecule has 7 nitrogen and oxygen atoms in total. The summed E-state index contributed by atoms with van der Waals surface area (Å²) < 4.78 is 28.6. The Bertz CT molecular complexity index is 1420. The summed E-state index contributed by atoms with van der Waals surface area (Å²) in [5.74, 6) is -0.963. The molecule has 3 aromatic carbocycles. The van der Waals surface area contributed by atoms with Crippen LogP contribution in [0.2, 0.25) is 15.1 Å². The molecule has 0 aliphatic rings. The van der Waals surface area contributed by atoms with Gasteiger partial charge in [-0.1, -0.05) is 79.0 Å². The SMILES string of the molecule is CC[C@H](C(=O)N[C@@H](C)CC)N(Cc1c(Cl)cccc1Cl)C(=O)CN(c1cccc(Cl)c1)S(=O)(=O)c1ccccc1. The predicted octanol–water partition coefficient (Wildman–Crippen LogP) is 6.56. The third-order valence-electron chi connectivity index (χ3n) is 6.48. The Hall–Kier alpha value is -2.78. The third kappa shape index (κ3) is 7.69. The normalized spacial score (nSPS) is 12.8. The molecule has 3 aromatic rings. The Balaban J connectivity index is 2.09. The van der Waals surface area contributed by atoms with E-state index in [1.165, 1.54) is 23.1 Å². The van der Waals surface area contributed by atoms with Gasteiger partial charge in [0, 0.05) is 33.2 Å². The van der Waals surface area contributed by atoms with Gasteiger partial charge in [-0.15, -0.1) is 0 Å². The average Bonchev–Trinajstić information content (AvgIpc) is 2.93. The van der Waals surface area contributed by atoms with Crippen LogP contribution in [0.3, 0.4) is 0 Å². The van der Waals surface area contributed by atoms with E-state index in [9.17, 15) is 18.0 Å². The monoisotopic (exact) mass is 623 g/mol. The number of carbonyl (C=O) groups is 2. The molecule has 3 rings (SSSR count). The number of anilines is 1. The second-order valence-corrected chi connectivity index (χ2v) is 12.4. The van der Waals surface area contributed by atoms with Crippen molar-refractivity contribution in [3.63, 3.8) is 0 Å². The van der Waals surface area contributed by atoms with Gasteiger partial charge in [0.15, 0.2) is 0 Å². The van der Waals surface area contributed by atoms with Gasteiger partial charge >= 0.3 is 0 Å². The highest BCUT2D eigenvalue weighted by molar-refractivity contribution is 7.92. The fourth-order valence-electron chi connectivity index (χ4n) is 4.09. The van der Waals surface area contributed by atoms with Gasteiger partial charge in [-0.3, -0.25) is 13.9 Å². The minimum absolute atomic E-state index is 0.00466. The summed E-state index contributed by atoms with van der Waals surface area (Å²) in [7, 11) is -4.19. The lowest BCUT2D eigenvalue weighted by Gasteiger charge is -2.34. The number of nitrogens with zero attached hydrogens (tertiary/aromatic N) is 2. The number of hydrogen-bond acceptors (Lipinski definition) is 4. The van der Waals surface area contributed by atoms with E-state index in [0.29, 0.717) is 27.1 Å². The first-order valence-corrected chi connectivity index (χ1v) is 15.4. The Labute approximate surface area is 251 Å². The molecule has 0 fully saturated rings. The van der Waals surface area contributed by atoms with Crippen LogP contribution in [0.25, 0.3) is 0 Å². The van der Waals surface area contributed by atoms with Gasteiger partial charge in [-0.2, -0.15) is 0 Å². The zero-order valence-corrected chi connectivity index (χ0v) is 25.6. The van der Waals surface area contributed by atoms with E-state index >= 15 is 0 Å². The maximum absolute atomic E-state index is 14.1. The van der Waals surface area contributed by atoms with Crippen LogP contribution >= 0.6 is 34.8 Å². The summed E-state index contributed by atoms with van der Waals surface area (Å²) in [6, 6.07) is 18.0. The molecule has 0 aliphatic carbocycles. The Morgan fingerprint density at radius 3 is 2.08 bits per heavy atom. The number of rotatable bonds is 12. The Kier molecular flexibility index (Phi) is 11.3. The van der Waals surface area contributed by atoms with Crippen molar-refractivity contribution in [2.75, 3.05) is 10.8 Å². The van der Waals surface area contributed by atoms with Gasteiger partial charge in [0.25, 0.3) is 10.0 Å². The van der Waals surface area contributed by atoms with Gasteiger partial charge in [-0.25, -0.2) is 8.42 Å².